The van der Waals surface area contributed by atoms with Crippen LogP contribution in [0.1, 0.15) is 10.7 Å². The van der Waals surface area contributed by atoms with E-state index < -0.39 is 0 Å². The monoisotopic (exact) mass is 291 g/mol. The van der Waals surface area contributed by atoms with Gasteiger partial charge in [0, 0.05) is 5.38 Å². The Morgan fingerprint density at radius 2 is 2.00 bits per heavy atom. The summed E-state index contributed by atoms with van der Waals surface area (Å²) in [5.74, 6) is 0. The molecule has 0 bridgehead atoms. The number of rotatable bonds is 1. The second-order valence-corrected chi connectivity index (χ2v) is 4.81. The number of hydrogen-bond acceptors (Lipinski definition) is 5. The topological polar surface area (TPSA) is 51.8 Å². The number of aryl methyl sites for hydroxylation is 2. The first-order valence-electron chi connectivity index (χ1n) is 3.82. The predicted octanol–water partition coefficient (Wildman–Crippen LogP) is 3.04. The molecule has 2 N–H and O–H groups in total. The van der Waals surface area contributed by atoms with Crippen molar-refractivity contribution in [1.82, 2.24) is 9.97 Å². The number of hydrogen-bond donors (Lipinski definition) is 1. The summed E-state index contributed by atoms with van der Waals surface area (Å²) >= 11 is 3.12. The molecular formula is C8H10BrN3S2. The molecule has 0 radical (unpaired) electrons. The number of thiazole rings is 2. The zero-order chi connectivity index (χ0) is 9.42. The Morgan fingerprint density at radius 1 is 1.29 bits per heavy atom. The van der Waals surface area contributed by atoms with Gasteiger partial charge < -0.3 is 5.73 Å². The fourth-order valence-electron chi connectivity index (χ4n) is 1.16. The smallest absolute Gasteiger partial charge is 0.180 e. The third-order valence-electron chi connectivity index (χ3n) is 1.66. The van der Waals surface area contributed by atoms with Gasteiger partial charge >= 0.3 is 0 Å². The molecule has 0 atom stereocenters. The number of nitrogens with two attached hydrogens (primary N) is 1. The average Bonchev–Trinajstić information content (AvgIpc) is 2.58. The second kappa shape index (κ2) is 4.37. The van der Waals surface area contributed by atoms with Crippen LogP contribution >= 0.6 is 39.7 Å². The van der Waals surface area contributed by atoms with Crippen LogP contribution in [0.25, 0.3) is 10.6 Å². The molecule has 2 aromatic rings. The summed E-state index contributed by atoms with van der Waals surface area (Å²) in [6, 6.07) is 0. The minimum absolute atomic E-state index is 0. The van der Waals surface area contributed by atoms with Gasteiger partial charge in [0.2, 0.25) is 0 Å². The molecule has 0 saturated heterocycles. The molecule has 14 heavy (non-hydrogen) atoms. The second-order valence-electron chi connectivity index (χ2n) is 2.72. The largest absolute Gasteiger partial charge is 0.375 e. The molecule has 0 unspecified atom stereocenters. The molecule has 0 aromatic carbocycles. The van der Waals surface area contributed by atoms with Crippen LogP contribution in [-0.4, -0.2) is 9.97 Å². The molecule has 76 valence electrons. The minimum Gasteiger partial charge on any atom is -0.375 e. The standard InChI is InChI=1S/C8H9N3S2.BrH/c1-4-7(13-5(2)10-4)6-3-12-8(9)11-6;/h3H,1-2H3,(H2,9,11);1H. The molecule has 0 aliphatic rings. The Kier molecular flexibility index (Phi) is 3.63. The van der Waals surface area contributed by atoms with Crippen molar-refractivity contribution in [3.63, 3.8) is 0 Å². The molecule has 0 amide bonds. The first kappa shape index (κ1) is 11.6. The van der Waals surface area contributed by atoms with Crippen LogP contribution in [-0.2, 0) is 0 Å². The molecule has 2 heterocycles. The summed E-state index contributed by atoms with van der Waals surface area (Å²) in [4.78, 5) is 9.69. The lowest BCUT2D eigenvalue weighted by Gasteiger charge is -1.89. The van der Waals surface area contributed by atoms with E-state index in [0.29, 0.717) is 5.13 Å². The van der Waals surface area contributed by atoms with Gasteiger partial charge in [0.05, 0.1) is 21.3 Å². The lowest BCUT2D eigenvalue weighted by Crippen LogP contribution is -1.82. The van der Waals surface area contributed by atoms with E-state index in [2.05, 4.69) is 9.97 Å². The lowest BCUT2D eigenvalue weighted by atomic mass is 10.3. The quantitative estimate of drug-likeness (QED) is 0.879. The highest BCUT2D eigenvalue weighted by Crippen LogP contribution is 2.30. The number of nitrogens with zero attached hydrogens (tertiary/aromatic N) is 2. The van der Waals surface area contributed by atoms with Gasteiger partial charge in [-0.05, 0) is 13.8 Å². The zero-order valence-electron chi connectivity index (χ0n) is 7.77. The zero-order valence-corrected chi connectivity index (χ0v) is 11.1. The van der Waals surface area contributed by atoms with Crippen molar-refractivity contribution in [2.24, 2.45) is 0 Å². The van der Waals surface area contributed by atoms with Crippen LogP contribution in [0.3, 0.4) is 0 Å². The first-order valence-corrected chi connectivity index (χ1v) is 5.52. The Balaban J connectivity index is 0.000000980. The van der Waals surface area contributed by atoms with Gasteiger partial charge in [-0.1, -0.05) is 0 Å². The van der Waals surface area contributed by atoms with Crippen molar-refractivity contribution in [1.29, 1.82) is 0 Å². The van der Waals surface area contributed by atoms with Gasteiger partial charge in [-0.15, -0.1) is 39.7 Å². The highest BCUT2D eigenvalue weighted by Gasteiger charge is 2.09. The maximum Gasteiger partial charge on any atom is 0.180 e. The van der Waals surface area contributed by atoms with Crippen molar-refractivity contribution >= 4 is 44.8 Å². The van der Waals surface area contributed by atoms with E-state index in [1.807, 2.05) is 19.2 Å². The van der Waals surface area contributed by atoms with Gasteiger partial charge in [0.15, 0.2) is 5.13 Å². The van der Waals surface area contributed by atoms with Gasteiger partial charge in [-0.25, -0.2) is 9.97 Å². The maximum atomic E-state index is 5.56. The molecule has 0 fully saturated rings. The van der Waals surface area contributed by atoms with Crippen LogP contribution in [0.5, 0.6) is 0 Å². The van der Waals surface area contributed by atoms with E-state index in [1.165, 1.54) is 11.3 Å². The SMILES string of the molecule is Br.Cc1nc(C)c(-c2csc(N)n2)s1. The summed E-state index contributed by atoms with van der Waals surface area (Å²) in [5, 5.41) is 3.65. The molecule has 0 aliphatic carbocycles. The minimum atomic E-state index is 0. The molecular weight excluding hydrogens is 282 g/mol. The highest BCUT2D eigenvalue weighted by molar-refractivity contribution is 8.93. The fourth-order valence-corrected chi connectivity index (χ4v) is 2.67. The lowest BCUT2D eigenvalue weighted by molar-refractivity contribution is 1.20. The van der Waals surface area contributed by atoms with Crippen molar-refractivity contribution in [3.05, 3.63) is 16.1 Å². The third kappa shape index (κ3) is 2.13. The van der Waals surface area contributed by atoms with E-state index in [4.69, 9.17) is 5.73 Å². The van der Waals surface area contributed by atoms with Crippen LogP contribution in [0.2, 0.25) is 0 Å². The van der Waals surface area contributed by atoms with Gasteiger partial charge in [0.25, 0.3) is 0 Å². The molecule has 3 nitrogen and oxygen atoms in total. The number of nitrogen functional groups attached to an aromatic ring is 1. The van der Waals surface area contributed by atoms with Crippen LogP contribution < -0.4 is 5.73 Å². The molecule has 2 rings (SSSR count). The summed E-state index contributed by atoms with van der Waals surface area (Å²) in [6.07, 6.45) is 0. The Bertz CT molecular complexity index is 435. The average molecular weight is 292 g/mol. The van der Waals surface area contributed by atoms with Crippen LogP contribution in [0, 0.1) is 13.8 Å². The molecule has 0 spiro atoms. The van der Waals surface area contributed by atoms with Crippen molar-refractivity contribution in [2.75, 3.05) is 5.73 Å². The highest BCUT2D eigenvalue weighted by atomic mass is 79.9. The maximum absolute atomic E-state index is 5.56. The molecule has 6 heteroatoms. The molecule has 2 aromatic heterocycles. The first-order chi connectivity index (χ1) is 6.16. The Hall–Kier alpha value is -0.460. The number of anilines is 1. The van der Waals surface area contributed by atoms with Crippen molar-refractivity contribution < 1.29 is 0 Å². The van der Waals surface area contributed by atoms with E-state index in [1.54, 1.807) is 11.3 Å². The molecule has 0 saturated carbocycles. The van der Waals surface area contributed by atoms with Gasteiger partial charge in [-0.3, -0.25) is 0 Å². The number of halogens is 1. The van der Waals surface area contributed by atoms with Gasteiger partial charge in [0.1, 0.15) is 0 Å². The molecule has 0 aliphatic heterocycles. The van der Waals surface area contributed by atoms with Gasteiger partial charge in [-0.2, -0.15) is 0 Å². The van der Waals surface area contributed by atoms with E-state index >= 15 is 0 Å². The van der Waals surface area contributed by atoms with Crippen LogP contribution in [0.4, 0.5) is 5.13 Å². The Labute approximate surface area is 101 Å². The van der Waals surface area contributed by atoms with Crippen molar-refractivity contribution in [2.45, 2.75) is 13.8 Å². The summed E-state index contributed by atoms with van der Waals surface area (Å²) in [5.41, 5.74) is 7.55. The summed E-state index contributed by atoms with van der Waals surface area (Å²) in [6.45, 7) is 3.99. The van der Waals surface area contributed by atoms with E-state index in [0.717, 1.165) is 21.3 Å². The number of aromatic nitrogens is 2. The Morgan fingerprint density at radius 3 is 2.43 bits per heavy atom. The predicted molar refractivity (Wildman–Crippen MR) is 67.4 cm³/mol. The summed E-state index contributed by atoms with van der Waals surface area (Å²) < 4.78 is 0. The van der Waals surface area contributed by atoms with Crippen molar-refractivity contribution in [3.8, 4) is 10.6 Å². The van der Waals surface area contributed by atoms with Crippen LogP contribution in [0.15, 0.2) is 5.38 Å². The fraction of sp³-hybridized carbons (Fsp3) is 0.250. The van der Waals surface area contributed by atoms with E-state index in [9.17, 15) is 0 Å². The normalized spacial score (nSPS) is 9.86. The van der Waals surface area contributed by atoms with E-state index in [-0.39, 0.29) is 17.0 Å². The third-order valence-corrected chi connectivity index (χ3v) is 3.43. The summed E-state index contributed by atoms with van der Waals surface area (Å²) in [7, 11) is 0.